The normalized spacial score (nSPS) is 13.3. The second-order valence-corrected chi connectivity index (χ2v) is 2.20. The Morgan fingerprint density at radius 1 is 1.78 bits per heavy atom. The van der Waals surface area contributed by atoms with Crippen LogP contribution < -0.4 is 5.43 Å². The van der Waals surface area contributed by atoms with Gasteiger partial charge in [0.2, 0.25) is 0 Å². The molecule has 0 rings (SSSR count). The molecule has 0 amide bonds. The van der Waals surface area contributed by atoms with E-state index in [0.717, 1.165) is 6.42 Å². The molecule has 0 radical (unpaired) electrons. The predicted octanol–water partition coefficient (Wildman–Crippen LogP) is 1.36. The lowest BCUT2D eigenvalue weighted by atomic mass is 10.3. The van der Waals surface area contributed by atoms with E-state index in [1.165, 1.54) is 0 Å². The predicted molar refractivity (Wildman–Crippen MR) is 40.8 cm³/mol. The molecular formula is C7H16N2. The zero-order valence-electron chi connectivity index (χ0n) is 6.52. The highest BCUT2D eigenvalue weighted by molar-refractivity contribution is 4.63. The number of rotatable bonds is 4. The van der Waals surface area contributed by atoms with Gasteiger partial charge < -0.3 is 5.43 Å². The maximum Gasteiger partial charge on any atom is 0.0256 e. The van der Waals surface area contributed by atoms with E-state index in [2.05, 4.69) is 25.9 Å². The molecule has 54 valence electrons. The van der Waals surface area contributed by atoms with Gasteiger partial charge in [-0.1, -0.05) is 13.5 Å². The Morgan fingerprint density at radius 3 is 2.67 bits per heavy atom. The summed E-state index contributed by atoms with van der Waals surface area (Å²) in [6.07, 6.45) is 2.84. The van der Waals surface area contributed by atoms with Crippen molar-refractivity contribution in [2.24, 2.45) is 0 Å². The van der Waals surface area contributed by atoms with Gasteiger partial charge in [-0.2, -0.15) is 0 Å². The standard InChI is InChI=1S/C7H16N2/c1-5-7(3)9(4)8-6-2/h6-8H,2,5H2,1,3-4H3. The van der Waals surface area contributed by atoms with Crippen LogP contribution in [0, 0.1) is 0 Å². The van der Waals surface area contributed by atoms with Gasteiger partial charge in [-0.25, -0.2) is 5.01 Å². The van der Waals surface area contributed by atoms with Crippen LogP contribution >= 0.6 is 0 Å². The average Bonchev–Trinajstić information content (AvgIpc) is 1.87. The zero-order chi connectivity index (χ0) is 7.28. The van der Waals surface area contributed by atoms with Crippen molar-refractivity contribution in [2.75, 3.05) is 7.05 Å². The van der Waals surface area contributed by atoms with E-state index in [1.807, 2.05) is 12.1 Å². The smallest absolute Gasteiger partial charge is 0.0256 e. The van der Waals surface area contributed by atoms with Crippen molar-refractivity contribution in [3.05, 3.63) is 12.8 Å². The van der Waals surface area contributed by atoms with Crippen LogP contribution in [0.3, 0.4) is 0 Å². The Hall–Kier alpha value is -0.500. The number of hydrogen-bond acceptors (Lipinski definition) is 2. The third-order valence-electron chi connectivity index (χ3n) is 1.55. The molecule has 0 aliphatic heterocycles. The van der Waals surface area contributed by atoms with E-state index in [1.54, 1.807) is 6.20 Å². The Labute approximate surface area is 57.5 Å². The molecule has 0 aromatic carbocycles. The van der Waals surface area contributed by atoms with Crippen LogP contribution in [0.15, 0.2) is 12.8 Å². The lowest BCUT2D eigenvalue weighted by Gasteiger charge is -2.22. The Kier molecular flexibility index (Phi) is 4.14. The Balaban J connectivity index is 3.44. The highest BCUT2D eigenvalue weighted by atomic mass is 15.5. The number of nitrogens with zero attached hydrogens (tertiary/aromatic N) is 1. The summed E-state index contributed by atoms with van der Waals surface area (Å²) in [5.74, 6) is 0. The number of hydrogen-bond donors (Lipinski definition) is 1. The molecule has 1 unspecified atom stereocenters. The van der Waals surface area contributed by atoms with Crippen LogP contribution in [0.1, 0.15) is 20.3 Å². The molecule has 2 nitrogen and oxygen atoms in total. The van der Waals surface area contributed by atoms with Crippen LogP contribution in [0.25, 0.3) is 0 Å². The summed E-state index contributed by atoms with van der Waals surface area (Å²) in [4.78, 5) is 0. The van der Waals surface area contributed by atoms with Crippen molar-refractivity contribution in [3.63, 3.8) is 0 Å². The van der Waals surface area contributed by atoms with E-state index in [9.17, 15) is 0 Å². The first kappa shape index (κ1) is 8.50. The van der Waals surface area contributed by atoms with E-state index in [0.29, 0.717) is 6.04 Å². The topological polar surface area (TPSA) is 15.3 Å². The maximum atomic E-state index is 3.56. The highest BCUT2D eigenvalue weighted by Crippen LogP contribution is 1.94. The molecule has 0 aliphatic carbocycles. The van der Waals surface area contributed by atoms with Crippen LogP contribution in [-0.2, 0) is 0 Å². The summed E-state index contributed by atoms with van der Waals surface area (Å²) < 4.78 is 0. The number of hydrazine groups is 1. The van der Waals surface area contributed by atoms with Crippen molar-refractivity contribution in [3.8, 4) is 0 Å². The molecule has 1 N–H and O–H groups in total. The Bertz CT molecular complexity index is 81.0. The first-order valence-electron chi connectivity index (χ1n) is 3.32. The van der Waals surface area contributed by atoms with Crippen molar-refractivity contribution in [2.45, 2.75) is 26.3 Å². The van der Waals surface area contributed by atoms with Gasteiger partial charge in [-0.3, -0.25) is 0 Å². The largest absolute Gasteiger partial charge is 0.327 e. The molecule has 0 saturated carbocycles. The van der Waals surface area contributed by atoms with Gasteiger partial charge in [0, 0.05) is 19.3 Å². The fourth-order valence-corrected chi connectivity index (χ4v) is 0.545. The summed E-state index contributed by atoms with van der Waals surface area (Å²) in [6.45, 7) is 7.89. The van der Waals surface area contributed by atoms with Crippen LogP contribution in [0.5, 0.6) is 0 Å². The first-order chi connectivity index (χ1) is 4.22. The SMILES string of the molecule is C=CNN(C)C(C)CC. The number of nitrogens with one attached hydrogen (secondary N) is 1. The van der Waals surface area contributed by atoms with Gasteiger partial charge in [0.05, 0.1) is 0 Å². The third kappa shape index (κ3) is 3.14. The van der Waals surface area contributed by atoms with Gasteiger partial charge in [0.15, 0.2) is 0 Å². The zero-order valence-corrected chi connectivity index (χ0v) is 6.52. The molecule has 9 heavy (non-hydrogen) atoms. The van der Waals surface area contributed by atoms with Gasteiger partial charge in [-0.05, 0) is 13.3 Å². The Morgan fingerprint density at radius 2 is 2.33 bits per heavy atom. The molecule has 0 aromatic heterocycles. The molecule has 0 saturated heterocycles. The molecule has 0 fully saturated rings. The summed E-state index contributed by atoms with van der Waals surface area (Å²) in [7, 11) is 2.01. The summed E-state index contributed by atoms with van der Waals surface area (Å²) in [6, 6.07) is 0.572. The van der Waals surface area contributed by atoms with Crippen LogP contribution in [-0.4, -0.2) is 18.1 Å². The van der Waals surface area contributed by atoms with E-state index in [4.69, 9.17) is 0 Å². The lowest BCUT2D eigenvalue weighted by molar-refractivity contribution is 0.203. The third-order valence-corrected chi connectivity index (χ3v) is 1.55. The fourth-order valence-electron chi connectivity index (χ4n) is 0.545. The molecular weight excluding hydrogens is 112 g/mol. The molecule has 0 aromatic rings. The van der Waals surface area contributed by atoms with Crippen molar-refractivity contribution in [1.82, 2.24) is 10.4 Å². The maximum absolute atomic E-state index is 3.56. The minimum Gasteiger partial charge on any atom is -0.327 e. The molecule has 0 spiro atoms. The van der Waals surface area contributed by atoms with Crippen LogP contribution in [0.4, 0.5) is 0 Å². The van der Waals surface area contributed by atoms with Gasteiger partial charge in [0.1, 0.15) is 0 Å². The second kappa shape index (κ2) is 4.39. The second-order valence-electron chi connectivity index (χ2n) is 2.20. The van der Waals surface area contributed by atoms with Gasteiger partial charge in [-0.15, -0.1) is 0 Å². The van der Waals surface area contributed by atoms with E-state index < -0.39 is 0 Å². The minimum absolute atomic E-state index is 0.572. The summed E-state index contributed by atoms with van der Waals surface area (Å²) >= 11 is 0. The molecule has 0 heterocycles. The van der Waals surface area contributed by atoms with Crippen molar-refractivity contribution < 1.29 is 0 Å². The quantitative estimate of drug-likeness (QED) is 0.575. The summed E-state index contributed by atoms with van der Waals surface area (Å²) in [5.41, 5.74) is 2.99. The summed E-state index contributed by atoms with van der Waals surface area (Å²) in [5, 5.41) is 2.03. The van der Waals surface area contributed by atoms with E-state index >= 15 is 0 Å². The molecule has 0 bridgehead atoms. The van der Waals surface area contributed by atoms with Crippen molar-refractivity contribution >= 4 is 0 Å². The van der Waals surface area contributed by atoms with E-state index in [-0.39, 0.29) is 0 Å². The molecule has 2 heteroatoms. The highest BCUT2D eigenvalue weighted by Gasteiger charge is 2.01. The monoisotopic (exact) mass is 128 g/mol. The first-order valence-corrected chi connectivity index (χ1v) is 3.32. The molecule has 1 atom stereocenters. The lowest BCUT2D eigenvalue weighted by Crippen LogP contribution is -2.37. The molecule has 0 aliphatic rings. The minimum atomic E-state index is 0.572. The van der Waals surface area contributed by atoms with Gasteiger partial charge in [0.25, 0.3) is 0 Å². The van der Waals surface area contributed by atoms with Gasteiger partial charge >= 0.3 is 0 Å². The van der Waals surface area contributed by atoms with Crippen molar-refractivity contribution in [1.29, 1.82) is 0 Å². The average molecular weight is 128 g/mol. The van der Waals surface area contributed by atoms with Crippen LogP contribution in [0.2, 0.25) is 0 Å². The fraction of sp³-hybridized carbons (Fsp3) is 0.714.